The van der Waals surface area contributed by atoms with Crippen molar-refractivity contribution in [3.63, 3.8) is 0 Å². The Balaban J connectivity index is 1.47. The zero-order valence-electron chi connectivity index (χ0n) is 14.6. The van der Waals surface area contributed by atoms with Crippen molar-refractivity contribution in [2.75, 3.05) is 13.2 Å². The molecule has 1 aliphatic heterocycles. The predicted molar refractivity (Wildman–Crippen MR) is 102 cm³/mol. The number of nitrogens with zero attached hydrogens (tertiary/aromatic N) is 2. The van der Waals surface area contributed by atoms with E-state index in [9.17, 15) is 24.5 Å². The Morgan fingerprint density at radius 2 is 1.71 bits per heavy atom. The van der Waals surface area contributed by atoms with Crippen molar-refractivity contribution in [1.82, 2.24) is 4.90 Å². The molecule has 2 amide bonds. The van der Waals surface area contributed by atoms with Crippen LogP contribution in [0.1, 0.15) is 43.9 Å². The van der Waals surface area contributed by atoms with Crippen LogP contribution in [0.4, 0.5) is 5.69 Å². The third kappa shape index (κ3) is 3.94. The third-order valence-corrected chi connectivity index (χ3v) is 4.94. The fourth-order valence-electron chi connectivity index (χ4n) is 2.84. The summed E-state index contributed by atoms with van der Waals surface area (Å²) >= 11 is 3.05. The average Bonchev–Trinajstić information content (AvgIpc) is 2.92. The van der Waals surface area contributed by atoms with Crippen molar-refractivity contribution in [1.29, 1.82) is 0 Å². The quantitative estimate of drug-likeness (QED) is 0.211. The number of halogens is 1. The Kier molecular flexibility index (Phi) is 5.84. The van der Waals surface area contributed by atoms with Gasteiger partial charge in [0.2, 0.25) is 0 Å². The van der Waals surface area contributed by atoms with Gasteiger partial charge in [-0.05, 0) is 53.0 Å². The largest absolute Gasteiger partial charge is 0.462 e. The second kappa shape index (κ2) is 8.30. The number of unbranched alkanes of at least 4 members (excludes halogenated alkanes) is 1. The Labute approximate surface area is 168 Å². The highest BCUT2D eigenvalue weighted by molar-refractivity contribution is 9.10. The number of nitro groups is 1. The van der Waals surface area contributed by atoms with E-state index in [1.165, 1.54) is 17.0 Å². The van der Waals surface area contributed by atoms with Crippen LogP contribution in [0, 0.1) is 10.1 Å². The number of imide groups is 1. The number of hydrogen-bond donors (Lipinski definition) is 0. The van der Waals surface area contributed by atoms with E-state index in [-0.39, 0.29) is 40.7 Å². The fraction of sp³-hybridized carbons (Fsp3) is 0.211. The maximum Gasteiger partial charge on any atom is 0.338 e. The van der Waals surface area contributed by atoms with Crippen molar-refractivity contribution in [2.45, 2.75) is 12.8 Å². The normalized spacial score (nSPS) is 12.8. The lowest BCUT2D eigenvalue weighted by Gasteiger charge is -2.13. The standard InChI is InChI=1S/C19H15BrN2O6/c20-15-8-7-12(11-16(15)22(26)27)19(25)28-10-4-3-9-21-17(23)13-5-1-2-6-14(13)18(21)24/h1-2,5-8,11H,3-4,9-10H2. The first-order valence-corrected chi connectivity index (χ1v) is 9.25. The van der Waals surface area contributed by atoms with Crippen LogP contribution in [0.15, 0.2) is 46.9 Å². The molecule has 0 saturated heterocycles. The number of benzene rings is 2. The van der Waals surface area contributed by atoms with Crippen molar-refractivity contribution in [2.24, 2.45) is 0 Å². The van der Waals surface area contributed by atoms with Gasteiger partial charge in [-0.3, -0.25) is 24.6 Å². The molecule has 0 bridgehead atoms. The van der Waals surface area contributed by atoms with Crippen LogP contribution in [0.2, 0.25) is 0 Å². The average molecular weight is 447 g/mol. The molecule has 8 nitrogen and oxygen atoms in total. The summed E-state index contributed by atoms with van der Waals surface area (Å²) in [7, 11) is 0. The maximum atomic E-state index is 12.2. The van der Waals surface area contributed by atoms with Crippen LogP contribution in [0.3, 0.4) is 0 Å². The number of hydrogen-bond acceptors (Lipinski definition) is 6. The number of fused-ring (bicyclic) bond motifs is 1. The van der Waals surface area contributed by atoms with E-state index in [4.69, 9.17) is 4.74 Å². The minimum Gasteiger partial charge on any atom is -0.462 e. The van der Waals surface area contributed by atoms with Crippen LogP contribution in [0.25, 0.3) is 0 Å². The van der Waals surface area contributed by atoms with Crippen LogP contribution in [0.5, 0.6) is 0 Å². The van der Waals surface area contributed by atoms with Gasteiger partial charge in [-0.1, -0.05) is 12.1 Å². The second-order valence-electron chi connectivity index (χ2n) is 6.07. The lowest BCUT2D eigenvalue weighted by molar-refractivity contribution is -0.385. The first-order valence-electron chi connectivity index (χ1n) is 8.46. The van der Waals surface area contributed by atoms with Gasteiger partial charge >= 0.3 is 5.97 Å². The van der Waals surface area contributed by atoms with Crippen molar-refractivity contribution < 1.29 is 24.0 Å². The number of esters is 1. The number of carbonyl (C=O) groups excluding carboxylic acids is 3. The highest BCUT2D eigenvalue weighted by atomic mass is 79.9. The molecular weight excluding hydrogens is 432 g/mol. The molecule has 0 saturated carbocycles. The van der Waals surface area contributed by atoms with E-state index in [1.807, 2.05) is 0 Å². The lowest BCUT2D eigenvalue weighted by atomic mass is 10.1. The molecule has 0 N–H and O–H groups in total. The van der Waals surface area contributed by atoms with Gasteiger partial charge in [0.25, 0.3) is 17.5 Å². The SMILES string of the molecule is O=C(OCCCCN1C(=O)c2ccccc2C1=O)c1ccc(Br)c([N+](=O)[O-])c1. The molecule has 0 fully saturated rings. The molecule has 0 aliphatic carbocycles. The number of amides is 2. The molecule has 2 aromatic rings. The molecule has 2 aromatic carbocycles. The molecule has 1 aliphatic rings. The van der Waals surface area contributed by atoms with E-state index in [1.54, 1.807) is 24.3 Å². The third-order valence-electron chi connectivity index (χ3n) is 4.27. The molecule has 9 heteroatoms. The van der Waals surface area contributed by atoms with Crippen molar-refractivity contribution in [3.8, 4) is 0 Å². The first kappa shape index (κ1) is 19.7. The number of carbonyl (C=O) groups is 3. The molecule has 0 aromatic heterocycles. The molecule has 0 atom stereocenters. The highest BCUT2D eigenvalue weighted by Crippen LogP contribution is 2.26. The Bertz CT molecular complexity index is 940. The van der Waals surface area contributed by atoms with E-state index in [2.05, 4.69) is 15.9 Å². The van der Waals surface area contributed by atoms with Gasteiger partial charge in [-0.25, -0.2) is 4.79 Å². The molecule has 0 spiro atoms. The molecule has 28 heavy (non-hydrogen) atoms. The van der Waals surface area contributed by atoms with Gasteiger partial charge in [-0.15, -0.1) is 0 Å². The van der Waals surface area contributed by atoms with Crippen molar-refractivity contribution >= 4 is 39.4 Å². The van der Waals surface area contributed by atoms with Gasteiger partial charge in [0.15, 0.2) is 0 Å². The smallest absolute Gasteiger partial charge is 0.338 e. The van der Waals surface area contributed by atoms with Crippen LogP contribution < -0.4 is 0 Å². The summed E-state index contributed by atoms with van der Waals surface area (Å²) in [6, 6.07) is 10.6. The van der Waals surface area contributed by atoms with Gasteiger partial charge in [0.05, 0.1) is 32.7 Å². The minimum absolute atomic E-state index is 0.0753. The zero-order valence-corrected chi connectivity index (χ0v) is 16.2. The van der Waals surface area contributed by atoms with Gasteiger partial charge in [0, 0.05) is 12.6 Å². The molecule has 0 unspecified atom stereocenters. The topological polar surface area (TPSA) is 107 Å². The fourth-order valence-corrected chi connectivity index (χ4v) is 3.23. The zero-order chi connectivity index (χ0) is 20.3. The monoisotopic (exact) mass is 446 g/mol. The minimum atomic E-state index is -0.670. The summed E-state index contributed by atoms with van der Waals surface area (Å²) in [5.74, 6) is -1.31. The van der Waals surface area contributed by atoms with E-state index < -0.39 is 10.9 Å². The van der Waals surface area contributed by atoms with Crippen LogP contribution in [-0.4, -0.2) is 40.8 Å². The number of ether oxygens (including phenoxy) is 1. The molecule has 3 rings (SSSR count). The summed E-state index contributed by atoms with van der Waals surface area (Å²) in [5, 5.41) is 10.9. The predicted octanol–water partition coefficient (Wildman–Crippen LogP) is 3.59. The van der Waals surface area contributed by atoms with Gasteiger partial charge in [-0.2, -0.15) is 0 Å². The first-order chi connectivity index (χ1) is 13.4. The Morgan fingerprint density at radius 1 is 1.07 bits per heavy atom. The van der Waals surface area contributed by atoms with E-state index in [0.29, 0.717) is 24.0 Å². The van der Waals surface area contributed by atoms with Gasteiger partial charge in [0.1, 0.15) is 0 Å². The lowest BCUT2D eigenvalue weighted by Crippen LogP contribution is -2.30. The summed E-state index contributed by atoms with van der Waals surface area (Å²) < 4.78 is 5.39. The molecule has 0 radical (unpaired) electrons. The molecular formula is C19H15BrN2O6. The Hall–Kier alpha value is -3.07. The number of rotatable bonds is 7. The molecule has 144 valence electrons. The van der Waals surface area contributed by atoms with E-state index in [0.717, 1.165) is 6.07 Å². The van der Waals surface area contributed by atoms with E-state index >= 15 is 0 Å². The maximum absolute atomic E-state index is 12.2. The summed E-state index contributed by atoms with van der Waals surface area (Å²) in [4.78, 5) is 48.0. The second-order valence-corrected chi connectivity index (χ2v) is 6.93. The van der Waals surface area contributed by atoms with Crippen LogP contribution in [-0.2, 0) is 4.74 Å². The van der Waals surface area contributed by atoms with Crippen molar-refractivity contribution in [3.05, 3.63) is 73.7 Å². The molecule has 1 heterocycles. The Morgan fingerprint density at radius 3 is 2.32 bits per heavy atom. The highest BCUT2D eigenvalue weighted by Gasteiger charge is 2.34. The van der Waals surface area contributed by atoms with Gasteiger partial charge < -0.3 is 4.74 Å². The summed E-state index contributed by atoms with van der Waals surface area (Å²) in [5.41, 5.74) is 0.654. The summed E-state index contributed by atoms with van der Waals surface area (Å²) in [6.07, 6.45) is 0.914. The number of nitro benzene ring substituents is 1. The van der Waals surface area contributed by atoms with Crippen LogP contribution >= 0.6 is 15.9 Å². The summed E-state index contributed by atoms with van der Waals surface area (Å²) in [6.45, 7) is 0.305.